The Bertz CT molecular complexity index is 1440. The minimum Gasteiger partial charge on any atom is -0.377 e. The zero-order valence-electron chi connectivity index (χ0n) is 20.9. The first-order valence-electron chi connectivity index (χ1n) is 13.0. The molecule has 1 spiro atoms. The summed E-state index contributed by atoms with van der Waals surface area (Å²) in [6.45, 7) is 6.98. The van der Waals surface area contributed by atoms with Gasteiger partial charge in [0.25, 0.3) is 0 Å². The number of morpholine rings is 1. The van der Waals surface area contributed by atoms with E-state index < -0.39 is 0 Å². The van der Waals surface area contributed by atoms with Gasteiger partial charge in [0.2, 0.25) is 5.91 Å². The average Bonchev–Trinajstić information content (AvgIpc) is 3.72. The Balaban J connectivity index is 1.29. The normalized spacial score (nSPS) is 24.1. The van der Waals surface area contributed by atoms with Gasteiger partial charge in [-0.2, -0.15) is 14.9 Å². The fraction of sp³-hybridized carbons (Fsp3) is 0.407. The van der Waals surface area contributed by atoms with Crippen LogP contribution in [-0.4, -0.2) is 76.3 Å². The number of benzene rings is 1. The molecule has 3 fully saturated rings. The van der Waals surface area contributed by atoms with E-state index in [1.807, 2.05) is 17.2 Å². The van der Waals surface area contributed by atoms with E-state index in [0.29, 0.717) is 25.5 Å². The molecule has 0 radical (unpaired) electrons. The number of carbonyl (C=O) groups is 1. The molecule has 3 saturated heterocycles. The molecule has 1 amide bonds. The van der Waals surface area contributed by atoms with Crippen molar-refractivity contribution in [2.24, 2.45) is 5.41 Å². The molecular formula is C27H30N8O2. The van der Waals surface area contributed by atoms with Gasteiger partial charge in [0.05, 0.1) is 25.5 Å². The van der Waals surface area contributed by atoms with Crippen LogP contribution in [0.1, 0.15) is 19.8 Å². The van der Waals surface area contributed by atoms with Crippen LogP contribution in [0.4, 0.5) is 11.5 Å². The van der Waals surface area contributed by atoms with E-state index in [-0.39, 0.29) is 17.4 Å². The van der Waals surface area contributed by atoms with Crippen molar-refractivity contribution in [3.05, 3.63) is 48.8 Å². The highest BCUT2D eigenvalue weighted by atomic mass is 16.5. The van der Waals surface area contributed by atoms with Gasteiger partial charge in [0.1, 0.15) is 5.82 Å². The molecule has 1 unspecified atom stereocenters. The Morgan fingerprint density at radius 3 is 2.81 bits per heavy atom. The van der Waals surface area contributed by atoms with Crippen molar-refractivity contribution in [3.63, 3.8) is 0 Å². The Morgan fingerprint density at radius 1 is 1.16 bits per heavy atom. The van der Waals surface area contributed by atoms with Gasteiger partial charge in [0, 0.05) is 54.8 Å². The number of rotatable bonds is 4. The first-order valence-corrected chi connectivity index (χ1v) is 13.0. The Labute approximate surface area is 214 Å². The number of carbonyl (C=O) groups excluding carboxylic acids is 1. The summed E-state index contributed by atoms with van der Waals surface area (Å²) in [5.74, 6) is 1.80. The SMILES string of the molecule is C[C@@H]1COCCN1c1cc(-c2ccc(N3CC4(CCNC4)CC3=O)cc2)c2cnn(-c3cc[nH]n3)c2n1. The maximum absolute atomic E-state index is 12.9. The zero-order valence-corrected chi connectivity index (χ0v) is 20.9. The number of hydrogen-bond donors (Lipinski definition) is 2. The topological polar surface area (TPSA) is 104 Å². The van der Waals surface area contributed by atoms with Crippen molar-refractivity contribution in [1.29, 1.82) is 0 Å². The quantitative estimate of drug-likeness (QED) is 0.446. The van der Waals surface area contributed by atoms with Gasteiger partial charge in [-0.05, 0) is 49.2 Å². The predicted octanol–water partition coefficient (Wildman–Crippen LogP) is 2.75. The van der Waals surface area contributed by atoms with Crippen molar-refractivity contribution in [3.8, 4) is 16.9 Å². The van der Waals surface area contributed by atoms with Crippen molar-refractivity contribution in [2.45, 2.75) is 25.8 Å². The minimum atomic E-state index is 0.0810. The number of H-pyrrole nitrogens is 1. The molecule has 190 valence electrons. The van der Waals surface area contributed by atoms with Crippen LogP contribution in [0.5, 0.6) is 0 Å². The number of hydrogen-bond acceptors (Lipinski definition) is 7. The molecule has 3 aromatic heterocycles. The summed E-state index contributed by atoms with van der Waals surface area (Å²) < 4.78 is 7.45. The molecule has 3 aliphatic heterocycles. The van der Waals surface area contributed by atoms with Gasteiger partial charge >= 0.3 is 0 Å². The standard InChI is InChI=1S/C27H30N8O2/c1-18-15-37-11-10-33(18)24-12-21(22-14-30-35(26(22)31-24)23-6-8-29-32-23)19-2-4-20(5-3-19)34-17-27(13-25(34)36)7-9-28-16-27/h2-6,8,12,14,18,28H,7,9-11,13,15-17H2,1H3,(H,29,32)/t18-,27?/m1/s1. The second kappa shape index (κ2) is 8.67. The van der Waals surface area contributed by atoms with Crippen molar-refractivity contribution >= 4 is 28.4 Å². The fourth-order valence-corrected chi connectivity index (χ4v) is 6.01. The van der Waals surface area contributed by atoms with Gasteiger partial charge in [0.15, 0.2) is 11.5 Å². The van der Waals surface area contributed by atoms with E-state index >= 15 is 0 Å². The largest absolute Gasteiger partial charge is 0.377 e. The van der Waals surface area contributed by atoms with Crippen molar-refractivity contribution in [2.75, 3.05) is 49.2 Å². The molecule has 0 aliphatic carbocycles. The summed E-state index contributed by atoms with van der Waals surface area (Å²) in [4.78, 5) is 22.2. The van der Waals surface area contributed by atoms with Crippen molar-refractivity contribution < 1.29 is 9.53 Å². The molecule has 10 heteroatoms. The van der Waals surface area contributed by atoms with E-state index in [2.05, 4.69) is 62.8 Å². The van der Waals surface area contributed by atoms with Gasteiger partial charge in [-0.3, -0.25) is 9.89 Å². The van der Waals surface area contributed by atoms with Crippen LogP contribution in [0, 0.1) is 5.41 Å². The first-order chi connectivity index (χ1) is 18.1. The molecule has 4 aromatic rings. The molecular weight excluding hydrogens is 468 g/mol. The highest BCUT2D eigenvalue weighted by molar-refractivity contribution is 5.98. The second-order valence-corrected chi connectivity index (χ2v) is 10.5. The molecule has 6 heterocycles. The number of nitrogens with zero attached hydrogens (tertiary/aromatic N) is 6. The third-order valence-corrected chi connectivity index (χ3v) is 8.04. The maximum Gasteiger partial charge on any atom is 0.227 e. The van der Waals surface area contributed by atoms with Gasteiger partial charge in [-0.25, -0.2) is 4.98 Å². The molecule has 37 heavy (non-hydrogen) atoms. The molecule has 10 nitrogen and oxygen atoms in total. The molecule has 3 aliphatic rings. The lowest BCUT2D eigenvalue weighted by molar-refractivity contribution is -0.117. The Hall–Kier alpha value is -3.76. The zero-order chi connectivity index (χ0) is 25.0. The first kappa shape index (κ1) is 22.4. The number of aromatic amines is 1. The monoisotopic (exact) mass is 498 g/mol. The van der Waals surface area contributed by atoms with Crippen LogP contribution in [-0.2, 0) is 9.53 Å². The van der Waals surface area contributed by atoms with Crippen LogP contribution < -0.4 is 15.1 Å². The van der Waals surface area contributed by atoms with Crippen LogP contribution in [0.15, 0.2) is 48.8 Å². The predicted molar refractivity (Wildman–Crippen MR) is 141 cm³/mol. The second-order valence-electron chi connectivity index (χ2n) is 10.5. The number of pyridine rings is 1. The highest BCUT2D eigenvalue weighted by Crippen LogP contribution is 2.40. The van der Waals surface area contributed by atoms with Crippen molar-refractivity contribution in [1.82, 2.24) is 30.3 Å². The summed E-state index contributed by atoms with van der Waals surface area (Å²) in [6, 6.07) is 12.6. The molecule has 2 N–H and O–H groups in total. The summed E-state index contributed by atoms with van der Waals surface area (Å²) in [5.41, 5.74) is 3.90. The van der Waals surface area contributed by atoms with Gasteiger partial charge < -0.3 is 19.9 Å². The molecule has 7 rings (SSSR count). The number of anilines is 2. The smallest absolute Gasteiger partial charge is 0.227 e. The third-order valence-electron chi connectivity index (χ3n) is 8.04. The van der Waals surface area contributed by atoms with Gasteiger partial charge in [-0.15, -0.1) is 0 Å². The number of nitrogens with one attached hydrogen (secondary N) is 2. The summed E-state index contributed by atoms with van der Waals surface area (Å²) in [5, 5.41) is 16.2. The number of amides is 1. The third kappa shape index (κ3) is 3.79. The van der Waals surface area contributed by atoms with Crippen LogP contribution in [0.25, 0.3) is 28.0 Å². The molecule has 2 atom stereocenters. The fourth-order valence-electron chi connectivity index (χ4n) is 6.01. The maximum atomic E-state index is 12.9. The number of fused-ring (bicyclic) bond motifs is 1. The average molecular weight is 499 g/mol. The summed E-state index contributed by atoms with van der Waals surface area (Å²) in [7, 11) is 0. The lowest BCUT2D eigenvalue weighted by atomic mass is 9.86. The highest BCUT2D eigenvalue weighted by Gasteiger charge is 2.45. The van der Waals surface area contributed by atoms with E-state index in [1.54, 1.807) is 10.9 Å². The lowest BCUT2D eigenvalue weighted by Gasteiger charge is -2.34. The van der Waals surface area contributed by atoms with Crippen LogP contribution >= 0.6 is 0 Å². The summed E-state index contributed by atoms with van der Waals surface area (Å²) >= 11 is 0. The van der Waals surface area contributed by atoms with E-state index in [1.165, 1.54) is 0 Å². The number of aromatic nitrogens is 5. The van der Waals surface area contributed by atoms with E-state index in [4.69, 9.17) is 9.72 Å². The molecule has 0 saturated carbocycles. The summed E-state index contributed by atoms with van der Waals surface area (Å²) in [6.07, 6.45) is 5.32. The van der Waals surface area contributed by atoms with Crippen LogP contribution in [0.2, 0.25) is 0 Å². The van der Waals surface area contributed by atoms with E-state index in [9.17, 15) is 4.79 Å². The molecule has 1 aromatic carbocycles. The molecule has 0 bridgehead atoms. The van der Waals surface area contributed by atoms with Gasteiger partial charge in [-0.1, -0.05) is 12.1 Å². The minimum absolute atomic E-state index is 0.0810. The Morgan fingerprint density at radius 2 is 2.05 bits per heavy atom. The van der Waals surface area contributed by atoms with Crippen LogP contribution in [0.3, 0.4) is 0 Å². The van der Waals surface area contributed by atoms with E-state index in [0.717, 1.165) is 66.3 Å². The number of ether oxygens (including phenoxy) is 1. The lowest BCUT2D eigenvalue weighted by Crippen LogP contribution is -2.44. The Kier molecular flexibility index (Phi) is 5.26.